The van der Waals surface area contributed by atoms with Crippen molar-refractivity contribution in [3.8, 4) is 0 Å². The van der Waals surface area contributed by atoms with Gasteiger partial charge in [0, 0.05) is 6.20 Å². The van der Waals surface area contributed by atoms with Crippen LogP contribution < -0.4 is 5.43 Å². The lowest BCUT2D eigenvalue weighted by Crippen LogP contribution is -2.19. The minimum atomic E-state index is -0.623. The Bertz CT molecular complexity index is 555. The molecule has 0 saturated heterocycles. The Kier molecular flexibility index (Phi) is 2.24. The van der Waals surface area contributed by atoms with Crippen molar-refractivity contribution in [3.05, 3.63) is 34.5 Å². The first kappa shape index (κ1) is 9.45. The van der Waals surface area contributed by atoms with Crippen molar-refractivity contribution in [2.75, 3.05) is 6.61 Å². The van der Waals surface area contributed by atoms with Crippen LogP contribution in [0.2, 0.25) is 0 Å². The Morgan fingerprint density at radius 1 is 1.67 bits per heavy atom. The van der Waals surface area contributed by atoms with Crippen molar-refractivity contribution in [3.63, 3.8) is 0 Å². The summed E-state index contributed by atoms with van der Waals surface area (Å²) in [7, 11) is 0. The monoisotopic (exact) mass is 207 g/mol. The number of nitrogens with zero attached hydrogens (tertiary/aromatic N) is 2. The molecule has 6 nitrogen and oxygen atoms in total. The highest BCUT2D eigenvalue weighted by atomic mass is 16.5. The van der Waals surface area contributed by atoms with Crippen LogP contribution in [0.5, 0.6) is 0 Å². The molecule has 2 aromatic rings. The van der Waals surface area contributed by atoms with E-state index in [4.69, 9.17) is 4.74 Å². The Labute approximate surface area is 84.5 Å². The third-order valence-corrected chi connectivity index (χ3v) is 1.96. The predicted octanol–water partition coefficient (Wildman–Crippen LogP) is 0.199. The standard InChI is InChI=1S/C9H9N3O3/c1-2-15-9(14)6-3-11-12-5-10-4-7(12)8(6)13/h3-5,11H,2H2,1H3. The van der Waals surface area contributed by atoms with Gasteiger partial charge >= 0.3 is 5.97 Å². The number of rotatable bonds is 2. The molecule has 0 fully saturated rings. The number of esters is 1. The number of fused-ring (bicyclic) bond motifs is 1. The van der Waals surface area contributed by atoms with Crippen LogP contribution in [0.4, 0.5) is 0 Å². The molecule has 78 valence electrons. The third kappa shape index (κ3) is 1.50. The molecule has 0 unspecified atom stereocenters. The lowest BCUT2D eigenvalue weighted by molar-refractivity contribution is 0.0524. The zero-order valence-corrected chi connectivity index (χ0v) is 8.06. The molecule has 2 aromatic heterocycles. The van der Waals surface area contributed by atoms with Gasteiger partial charge in [0.15, 0.2) is 0 Å². The van der Waals surface area contributed by atoms with Crippen LogP contribution in [-0.4, -0.2) is 27.2 Å². The third-order valence-electron chi connectivity index (χ3n) is 1.96. The van der Waals surface area contributed by atoms with Gasteiger partial charge in [0.05, 0.1) is 12.8 Å². The van der Waals surface area contributed by atoms with Crippen LogP contribution in [0.1, 0.15) is 17.3 Å². The molecule has 0 aliphatic heterocycles. The minimum absolute atomic E-state index is 0.00940. The Hall–Kier alpha value is -2.11. The van der Waals surface area contributed by atoms with Crippen LogP contribution in [-0.2, 0) is 4.74 Å². The summed E-state index contributed by atoms with van der Waals surface area (Å²) < 4.78 is 6.18. The van der Waals surface area contributed by atoms with Gasteiger partial charge in [-0.15, -0.1) is 0 Å². The van der Waals surface area contributed by atoms with Crippen LogP contribution in [0.3, 0.4) is 0 Å². The van der Waals surface area contributed by atoms with E-state index in [2.05, 4.69) is 10.1 Å². The maximum Gasteiger partial charge on any atom is 0.343 e. The van der Waals surface area contributed by atoms with E-state index in [9.17, 15) is 9.59 Å². The average molecular weight is 207 g/mol. The van der Waals surface area contributed by atoms with Gasteiger partial charge in [-0.1, -0.05) is 0 Å². The first-order valence-electron chi connectivity index (χ1n) is 4.45. The molecule has 0 spiro atoms. The highest BCUT2D eigenvalue weighted by Crippen LogP contribution is 1.98. The molecule has 0 atom stereocenters. The predicted molar refractivity (Wildman–Crippen MR) is 51.8 cm³/mol. The molecule has 0 bridgehead atoms. The second-order valence-corrected chi connectivity index (χ2v) is 2.89. The fraction of sp³-hybridized carbons (Fsp3) is 0.222. The summed E-state index contributed by atoms with van der Waals surface area (Å²) in [5, 5.41) is 2.73. The number of hydrogen-bond donors (Lipinski definition) is 1. The van der Waals surface area contributed by atoms with Gasteiger partial charge in [0.25, 0.3) is 0 Å². The number of imidazole rings is 1. The molecule has 0 radical (unpaired) electrons. The number of hydrogen-bond acceptors (Lipinski definition) is 4. The number of ether oxygens (including phenoxy) is 1. The summed E-state index contributed by atoms with van der Waals surface area (Å²) >= 11 is 0. The zero-order chi connectivity index (χ0) is 10.8. The van der Waals surface area contributed by atoms with E-state index in [1.807, 2.05) is 0 Å². The number of H-pyrrole nitrogens is 1. The van der Waals surface area contributed by atoms with Gasteiger partial charge in [-0.3, -0.25) is 9.89 Å². The lowest BCUT2D eigenvalue weighted by atomic mass is 10.3. The van der Waals surface area contributed by atoms with Crippen LogP contribution in [0.15, 0.2) is 23.5 Å². The van der Waals surface area contributed by atoms with Crippen molar-refractivity contribution >= 4 is 11.5 Å². The molecular weight excluding hydrogens is 198 g/mol. The lowest BCUT2D eigenvalue weighted by Gasteiger charge is -2.01. The van der Waals surface area contributed by atoms with Gasteiger partial charge < -0.3 is 4.74 Å². The molecule has 15 heavy (non-hydrogen) atoms. The highest BCUT2D eigenvalue weighted by molar-refractivity contribution is 5.90. The molecule has 0 aliphatic carbocycles. The minimum Gasteiger partial charge on any atom is -0.462 e. The van der Waals surface area contributed by atoms with E-state index >= 15 is 0 Å². The summed E-state index contributed by atoms with van der Waals surface area (Å²) in [6, 6.07) is 0. The molecule has 6 heteroatoms. The fourth-order valence-electron chi connectivity index (χ4n) is 1.26. The SMILES string of the molecule is CCOC(=O)c1c[nH]n2cncc2c1=O. The van der Waals surface area contributed by atoms with Crippen molar-refractivity contribution in [2.45, 2.75) is 6.92 Å². The normalized spacial score (nSPS) is 10.5. The molecule has 0 amide bonds. The summed E-state index contributed by atoms with van der Waals surface area (Å²) in [4.78, 5) is 26.9. The molecule has 1 N–H and O–H groups in total. The average Bonchev–Trinajstić information content (AvgIpc) is 2.67. The molecular formula is C9H9N3O3. The van der Waals surface area contributed by atoms with E-state index in [0.717, 1.165) is 0 Å². The van der Waals surface area contributed by atoms with Gasteiger partial charge in [0.2, 0.25) is 5.43 Å². The van der Waals surface area contributed by atoms with Gasteiger partial charge in [-0.05, 0) is 6.92 Å². The molecule has 0 aliphatic rings. The van der Waals surface area contributed by atoms with Crippen molar-refractivity contribution in [1.29, 1.82) is 0 Å². The Balaban J connectivity index is 2.57. The van der Waals surface area contributed by atoms with Gasteiger partial charge in [-0.2, -0.15) is 0 Å². The quantitative estimate of drug-likeness (QED) is 0.713. The van der Waals surface area contributed by atoms with E-state index in [-0.39, 0.29) is 17.6 Å². The molecule has 2 rings (SSSR count). The Morgan fingerprint density at radius 2 is 2.47 bits per heavy atom. The topological polar surface area (TPSA) is 76.5 Å². The van der Waals surface area contributed by atoms with E-state index in [1.54, 1.807) is 6.92 Å². The number of nitrogens with one attached hydrogen (secondary N) is 1. The van der Waals surface area contributed by atoms with E-state index in [1.165, 1.54) is 23.2 Å². The summed E-state index contributed by atoms with van der Waals surface area (Å²) in [6.07, 6.45) is 4.15. The summed E-state index contributed by atoms with van der Waals surface area (Å²) in [5.74, 6) is -0.623. The van der Waals surface area contributed by atoms with Crippen LogP contribution >= 0.6 is 0 Å². The van der Waals surface area contributed by atoms with Gasteiger partial charge in [-0.25, -0.2) is 14.3 Å². The van der Waals surface area contributed by atoms with Crippen LogP contribution in [0, 0.1) is 0 Å². The fourth-order valence-corrected chi connectivity index (χ4v) is 1.26. The molecule has 2 heterocycles. The maximum atomic E-state index is 11.7. The number of carbonyl (C=O) groups excluding carboxylic acids is 1. The highest BCUT2D eigenvalue weighted by Gasteiger charge is 2.13. The first-order valence-corrected chi connectivity index (χ1v) is 4.45. The second-order valence-electron chi connectivity index (χ2n) is 2.89. The van der Waals surface area contributed by atoms with E-state index in [0.29, 0.717) is 5.52 Å². The molecule has 0 saturated carbocycles. The number of carbonyl (C=O) groups is 1. The largest absolute Gasteiger partial charge is 0.462 e. The smallest absolute Gasteiger partial charge is 0.343 e. The Morgan fingerprint density at radius 3 is 3.20 bits per heavy atom. The molecule has 0 aromatic carbocycles. The van der Waals surface area contributed by atoms with Crippen molar-refractivity contribution < 1.29 is 9.53 Å². The first-order chi connectivity index (χ1) is 7.24. The van der Waals surface area contributed by atoms with E-state index < -0.39 is 5.97 Å². The van der Waals surface area contributed by atoms with Crippen molar-refractivity contribution in [1.82, 2.24) is 14.6 Å². The second kappa shape index (κ2) is 3.56. The maximum absolute atomic E-state index is 11.7. The van der Waals surface area contributed by atoms with Gasteiger partial charge in [0.1, 0.15) is 17.4 Å². The number of aromatic amines is 1. The summed E-state index contributed by atoms with van der Waals surface area (Å²) in [5.41, 5.74) is -0.0740. The summed E-state index contributed by atoms with van der Waals surface area (Å²) in [6.45, 7) is 1.92. The zero-order valence-electron chi connectivity index (χ0n) is 8.06. The number of aromatic nitrogens is 3. The van der Waals surface area contributed by atoms with Crippen molar-refractivity contribution in [2.24, 2.45) is 0 Å². The van der Waals surface area contributed by atoms with Crippen LogP contribution in [0.25, 0.3) is 5.52 Å².